The molecule has 0 saturated heterocycles. The molecule has 1 heterocycles. The lowest BCUT2D eigenvalue weighted by Crippen LogP contribution is -2.20. The van der Waals surface area contributed by atoms with Gasteiger partial charge in [0.2, 0.25) is 5.95 Å². The lowest BCUT2D eigenvalue weighted by Gasteiger charge is -2.05. The van der Waals surface area contributed by atoms with E-state index in [1.165, 1.54) is 7.11 Å². The molecule has 1 aromatic heterocycles. The molecule has 0 aliphatic heterocycles. The standard InChI is InChI=1S/C11H11BrN4O3/c1-18-11-14-10(15-16-11)13-9(17)6-19-8-4-2-3-7(12)5-8/h2-5H,6H2,1H3,(H2,13,14,15,16,17). The van der Waals surface area contributed by atoms with Gasteiger partial charge in [-0.2, -0.15) is 4.98 Å². The number of amides is 1. The smallest absolute Gasteiger partial charge is 0.336 e. The molecule has 0 atom stereocenters. The number of H-pyrrole nitrogens is 1. The Kier molecular flexibility index (Phi) is 4.35. The van der Waals surface area contributed by atoms with Gasteiger partial charge in [-0.1, -0.05) is 22.0 Å². The molecule has 0 radical (unpaired) electrons. The number of ether oxygens (including phenoxy) is 2. The van der Waals surface area contributed by atoms with Crippen LogP contribution in [0.5, 0.6) is 11.8 Å². The minimum atomic E-state index is -0.348. The maximum atomic E-state index is 11.6. The fourth-order valence-corrected chi connectivity index (χ4v) is 1.65. The van der Waals surface area contributed by atoms with Crippen LogP contribution in [0.3, 0.4) is 0 Å². The molecular formula is C11H11BrN4O3. The summed E-state index contributed by atoms with van der Waals surface area (Å²) in [5.74, 6) is 0.457. The molecule has 2 N–H and O–H groups in total. The van der Waals surface area contributed by atoms with Crippen LogP contribution in [0.25, 0.3) is 0 Å². The van der Waals surface area contributed by atoms with E-state index >= 15 is 0 Å². The highest BCUT2D eigenvalue weighted by Gasteiger charge is 2.08. The van der Waals surface area contributed by atoms with E-state index in [0.717, 1.165) is 4.47 Å². The number of aromatic amines is 1. The van der Waals surface area contributed by atoms with E-state index in [1.807, 2.05) is 12.1 Å². The number of halogens is 1. The first-order chi connectivity index (χ1) is 9.17. The molecule has 0 unspecified atom stereocenters. The summed E-state index contributed by atoms with van der Waals surface area (Å²) in [7, 11) is 1.44. The molecule has 19 heavy (non-hydrogen) atoms. The topological polar surface area (TPSA) is 89.1 Å². The Morgan fingerprint density at radius 2 is 2.37 bits per heavy atom. The van der Waals surface area contributed by atoms with Crippen molar-refractivity contribution in [2.75, 3.05) is 19.0 Å². The molecule has 1 amide bonds. The maximum Gasteiger partial charge on any atom is 0.336 e. The minimum Gasteiger partial charge on any atom is -0.484 e. The Balaban J connectivity index is 1.84. The number of benzene rings is 1. The van der Waals surface area contributed by atoms with Gasteiger partial charge >= 0.3 is 6.01 Å². The molecule has 8 heteroatoms. The molecule has 0 fully saturated rings. The van der Waals surface area contributed by atoms with Gasteiger partial charge in [-0.3, -0.25) is 10.1 Å². The van der Waals surface area contributed by atoms with E-state index in [-0.39, 0.29) is 24.5 Å². The van der Waals surface area contributed by atoms with Gasteiger partial charge in [-0.05, 0) is 18.2 Å². The third-order valence-electron chi connectivity index (χ3n) is 2.07. The molecule has 7 nitrogen and oxygen atoms in total. The molecular weight excluding hydrogens is 316 g/mol. The van der Waals surface area contributed by atoms with Crippen LogP contribution >= 0.6 is 15.9 Å². The van der Waals surface area contributed by atoms with Crippen molar-refractivity contribution in [3.63, 3.8) is 0 Å². The number of nitrogens with one attached hydrogen (secondary N) is 2. The van der Waals surface area contributed by atoms with Crippen molar-refractivity contribution in [3.8, 4) is 11.8 Å². The number of methoxy groups -OCH3 is 1. The number of carbonyl (C=O) groups is 1. The molecule has 0 spiro atoms. The Labute approximate surface area is 117 Å². The SMILES string of the molecule is COc1n[nH]c(NC(=O)COc2cccc(Br)c2)n1. The average Bonchev–Trinajstić information content (AvgIpc) is 2.84. The number of rotatable bonds is 5. The quantitative estimate of drug-likeness (QED) is 0.871. The van der Waals surface area contributed by atoms with Crippen molar-refractivity contribution in [2.24, 2.45) is 0 Å². The van der Waals surface area contributed by atoms with Crippen LogP contribution in [0.15, 0.2) is 28.7 Å². The van der Waals surface area contributed by atoms with Gasteiger partial charge in [0.15, 0.2) is 6.61 Å². The maximum absolute atomic E-state index is 11.6. The van der Waals surface area contributed by atoms with E-state index < -0.39 is 0 Å². The molecule has 2 rings (SSSR count). The largest absolute Gasteiger partial charge is 0.484 e. The van der Waals surface area contributed by atoms with Gasteiger partial charge in [0.05, 0.1) is 7.11 Å². The summed E-state index contributed by atoms with van der Waals surface area (Å²) in [5, 5.41) is 8.71. The van der Waals surface area contributed by atoms with Crippen molar-refractivity contribution in [1.82, 2.24) is 15.2 Å². The summed E-state index contributed by atoms with van der Waals surface area (Å²) < 4.78 is 11.0. The second-order valence-corrected chi connectivity index (χ2v) is 4.38. The fraction of sp³-hybridized carbons (Fsp3) is 0.182. The van der Waals surface area contributed by atoms with E-state index in [9.17, 15) is 4.79 Å². The van der Waals surface area contributed by atoms with E-state index in [0.29, 0.717) is 5.75 Å². The second-order valence-electron chi connectivity index (χ2n) is 3.46. The molecule has 100 valence electrons. The number of carbonyl (C=O) groups excluding carboxylic acids is 1. The third-order valence-corrected chi connectivity index (χ3v) is 2.56. The molecule has 0 aliphatic rings. The predicted octanol–water partition coefficient (Wildman–Crippen LogP) is 1.59. The van der Waals surface area contributed by atoms with E-state index in [2.05, 4.69) is 36.4 Å². The van der Waals surface area contributed by atoms with E-state index in [4.69, 9.17) is 9.47 Å². The van der Waals surface area contributed by atoms with Crippen LogP contribution in [0.4, 0.5) is 5.95 Å². The van der Waals surface area contributed by atoms with Gasteiger partial charge in [-0.25, -0.2) is 5.10 Å². The van der Waals surface area contributed by atoms with Crippen molar-refractivity contribution in [2.45, 2.75) is 0 Å². The fourth-order valence-electron chi connectivity index (χ4n) is 1.27. The highest BCUT2D eigenvalue weighted by atomic mass is 79.9. The normalized spacial score (nSPS) is 10.0. The van der Waals surface area contributed by atoms with Crippen LogP contribution in [-0.4, -0.2) is 34.8 Å². The van der Waals surface area contributed by atoms with Crippen LogP contribution in [0.1, 0.15) is 0 Å². The number of nitrogens with zero attached hydrogens (tertiary/aromatic N) is 2. The molecule has 2 aromatic rings. The summed E-state index contributed by atoms with van der Waals surface area (Å²) in [6.07, 6.45) is 0. The highest BCUT2D eigenvalue weighted by Crippen LogP contribution is 2.17. The Bertz CT molecular complexity index is 573. The molecule has 0 bridgehead atoms. The van der Waals surface area contributed by atoms with Gasteiger partial charge < -0.3 is 9.47 Å². The molecule has 0 aliphatic carbocycles. The number of anilines is 1. The lowest BCUT2D eigenvalue weighted by molar-refractivity contribution is -0.118. The van der Waals surface area contributed by atoms with Gasteiger partial charge in [-0.15, -0.1) is 5.10 Å². The lowest BCUT2D eigenvalue weighted by atomic mass is 10.3. The van der Waals surface area contributed by atoms with Gasteiger partial charge in [0, 0.05) is 4.47 Å². The van der Waals surface area contributed by atoms with Crippen molar-refractivity contribution >= 4 is 27.8 Å². The van der Waals surface area contributed by atoms with Crippen molar-refractivity contribution in [3.05, 3.63) is 28.7 Å². The highest BCUT2D eigenvalue weighted by molar-refractivity contribution is 9.10. The summed E-state index contributed by atoms with van der Waals surface area (Å²) in [5.41, 5.74) is 0. The average molecular weight is 327 g/mol. The molecule has 0 saturated carbocycles. The Hall–Kier alpha value is -2.09. The van der Waals surface area contributed by atoms with Gasteiger partial charge in [0.25, 0.3) is 5.91 Å². The van der Waals surface area contributed by atoms with E-state index in [1.54, 1.807) is 12.1 Å². The second kappa shape index (κ2) is 6.19. The van der Waals surface area contributed by atoms with Crippen molar-refractivity contribution in [1.29, 1.82) is 0 Å². The predicted molar refractivity (Wildman–Crippen MR) is 71.2 cm³/mol. The molecule has 1 aromatic carbocycles. The summed E-state index contributed by atoms with van der Waals surface area (Å²) in [6, 6.07) is 7.37. The first-order valence-corrected chi connectivity index (χ1v) is 6.11. The Morgan fingerprint density at radius 1 is 1.53 bits per heavy atom. The number of hydrogen-bond donors (Lipinski definition) is 2. The van der Waals surface area contributed by atoms with Gasteiger partial charge in [0.1, 0.15) is 5.75 Å². The first kappa shape index (κ1) is 13.3. The van der Waals surface area contributed by atoms with Crippen LogP contribution in [0, 0.1) is 0 Å². The third kappa shape index (κ3) is 3.95. The summed E-state index contributed by atoms with van der Waals surface area (Å²) in [6.45, 7) is -0.126. The monoisotopic (exact) mass is 326 g/mol. The number of aromatic nitrogens is 3. The van der Waals surface area contributed by atoms with Crippen molar-refractivity contribution < 1.29 is 14.3 Å². The first-order valence-electron chi connectivity index (χ1n) is 5.32. The van der Waals surface area contributed by atoms with Crippen LogP contribution in [0.2, 0.25) is 0 Å². The zero-order chi connectivity index (χ0) is 13.7. The van der Waals surface area contributed by atoms with Crippen LogP contribution < -0.4 is 14.8 Å². The zero-order valence-corrected chi connectivity index (χ0v) is 11.6. The summed E-state index contributed by atoms with van der Waals surface area (Å²) in [4.78, 5) is 15.4. The number of hydrogen-bond acceptors (Lipinski definition) is 5. The zero-order valence-electron chi connectivity index (χ0n) is 10.0. The Morgan fingerprint density at radius 3 is 3.05 bits per heavy atom. The summed E-state index contributed by atoms with van der Waals surface area (Å²) >= 11 is 3.32. The van der Waals surface area contributed by atoms with Crippen LogP contribution in [-0.2, 0) is 4.79 Å². The minimum absolute atomic E-state index is 0.126.